The van der Waals surface area contributed by atoms with Crippen LogP contribution in [0.1, 0.15) is 18.9 Å². The molecular weight excluding hydrogens is 356 g/mol. The van der Waals surface area contributed by atoms with Crippen molar-refractivity contribution in [2.45, 2.75) is 26.3 Å². The molecule has 2 aromatic rings. The molecule has 0 aliphatic heterocycles. The minimum absolute atomic E-state index is 0.0212. The molecule has 1 aromatic heterocycles. The van der Waals surface area contributed by atoms with Crippen molar-refractivity contribution in [1.29, 1.82) is 0 Å². The van der Waals surface area contributed by atoms with Gasteiger partial charge in [0, 0.05) is 24.1 Å². The maximum atomic E-state index is 11.9. The normalized spacial score (nSPS) is 11.6. The lowest BCUT2D eigenvalue weighted by Gasteiger charge is -2.14. The van der Waals surface area contributed by atoms with Gasteiger partial charge >= 0.3 is 11.6 Å². The fourth-order valence-electron chi connectivity index (χ4n) is 2.34. The van der Waals surface area contributed by atoms with Crippen LogP contribution in [0, 0.1) is 6.92 Å². The van der Waals surface area contributed by atoms with E-state index >= 15 is 0 Å². The van der Waals surface area contributed by atoms with Crippen LogP contribution >= 0.6 is 0 Å². The Morgan fingerprint density at radius 2 is 2.00 bits per heavy atom. The minimum Gasteiger partial charge on any atom is -0.484 e. The van der Waals surface area contributed by atoms with Crippen LogP contribution in [0.3, 0.4) is 0 Å². The lowest BCUT2D eigenvalue weighted by molar-refractivity contribution is -0.137. The SMILES string of the molecule is Cc1cc(=O)oc2cc(OCC(=O)N[C@@H](C)C(=O)NCCC(=O)O)ccc12. The fraction of sp³-hybridized carbons (Fsp3) is 0.333. The molecular formula is C18H20N2O7. The van der Waals surface area contributed by atoms with Gasteiger partial charge in [-0.2, -0.15) is 0 Å². The van der Waals surface area contributed by atoms with Crippen LogP contribution in [0.4, 0.5) is 0 Å². The maximum absolute atomic E-state index is 11.9. The highest BCUT2D eigenvalue weighted by atomic mass is 16.5. The monoisotopic (exact) mass is 376 g/mol. The van der Waals surface area contributed by atoms with Crippen molar-refractivity contribution in [3.63, 3.8) is 0 Å². The second kappa shape index (κ2) is 8.84. The molecule has 0 aliphatic carbocycles. The quantitative estimate of drug-likeness (QED) is 0.573. The highest BCUT2D eigenvalue weighted by molar-refractivity contribution is 5.88. The van der Waals surface area contributed by atoms with Crippen LogP contribution < -0.4 is 21.0 Å². The molecule has 0 unspecified atom stereocenters. The molecule has 9 heteroatoms. The third-order valence-electron chi connectivity index (χ3n) is 3.70. The molecule has 3 N–H and O–H groups in total. The van der Waals surface area contributed by atoms with Crippen LogP contribution in [-0.2, 0) is 14.4 Å². The van der Waals surface area contributed by atoms with E-state index in [-0.39, 0.29) is 19.6 Å². The number of aryl methyl sites for hydroxylation is 1. The van der Waals surface area contributed by atoms with Crippen molar-refractivity contribution in [1.82, 2.24) is 10.6 Å². The second-order valence-electron chi connectivity index (χ2n) is 5.92. The predicted octanol–water partition coefficient (Wildman–Crippen LogP) is 0.576. The Kier molecular flexibility index (Phi) is 6.53. The summed E-state index contributed by atoms with van der Waals surface area (Å²) in [6, 6.07) is 5.43. The topological polar surface area (TPSA) is 135 Å². The summed E-state index contributed by atoms with van der Waals surface area (Å²) in [5, 5.41) is 14.1. The highest BCUT2D eigenvalue weighted by Gasteiger charge is 2.16. The Morgan fingerprint density at radius 3 is 2.70 bits per heavy atom. The Labute approximate surface area is 154 Å². The van der Waals surface area contributed by atoms with Gasteiger partial charge in [-0.25, -0.2) is 4.79 Å². The van der Waals surface area contributed by atoms with Gasteiger partial charge in [0.2, 0.25) is 5.91 Å². The lowest BCUT2D eigenvalue weighted by atomic mass is 10.1. The molecule has 0 aliphatic rings. The van der Waals surface area contributed by atoms with Gasteiger partial charge in [-0.15, -0.1) is 0 Å². The van der Waals surface area contributed by atoms with Crippen molar-refractivity contribution >= 4 is 28.8 Å². The second-order valence-corrected chi connectivity index (χ2v) is 5.92. The zero-order chi connectivity index (χ0) is 20.0. The molecule has 0 saturated carbocycles. The molecule has 1 heterocycles. The minimum atomic E-state index is -1.03. The maximum Gasteiger partial charge on any atom is 0.336 e. The Balaban J connectivity index is 1.88. The summed E-state index contributed by atoms with van der Waals surface area (Å²) in [6.45, 7) is 2.90. The van der Waals surface area contributed by atoms with Gasteiger partial charge < -0.3 is 24.9 Å². The van der Waals surface area contributed by atoms with Crippen molar-refractivity contribution in [2.24, 2.45) is 0 Å². The number of nitrogens with one attached hydrogen (secondary N) is 2. The standard InChI is InChI=1S/C18H20N2O7/c1-10-7-17(24)27-14-8-12(3-4-13(10)14)26-9-15(21)20-11(2)18(25)19-6-5-16(22)23/h3-4,7-8,11H,5-6,9H2,1-2H3,(H,19,25)(H,20,21)(H,22,23)/t11-/m0/s1. The van der Waals surface area contributed by atoms with E-state index in [9.17, 15) is 19.2 Å². The van der Waals surface area contributed by atoms with Crippen LogP contribution in [0.25, 0.3) is 11.0 Å². The number of fused-ring (bicyclic) bond motifs is 1. The molecule has 2 amide bonds. The van der Waals surface area contributed by atoms with Crippen LogP contribution in [-0.4, -0.2) is 42.1 Å². The molecule has 1 atom stereocenters. The van der Waals surface area contributed by atoms with Crippen molar-refractivity contribution < 1.29 is 28.6 Å². The molecule has 0 saturated heterocycles. The number of carbonyl (C=O) groups excluding carboxylic acids is 2. The smallest absolute Gasteiger partial charge is 0.336 e. The average molecular weight is 376 g/mol. The number of amides is 2. The Bertz CT molecular complexity index is 920. The first-order chi connectivity index (χ1) is 12.8. The van der Waals surface area contributed by atoms with E-state index in [2.05, 4.69) is 10.6 Å². The molecule has 2 rings (SSSR count). The van der Waals surface area contributed by atoms with E-state index in [1.54, 1.807) is 19.1 Å². The number of rotatable bonds is 8. The number of carboxylic acid groups (broad SMARTS) is 1. The van der Waals surface area contributed by atoms with E-state index in [1.807, 2.05) is 0 Å². The molecule has 27 heavy (non-hydrogen) atoms. The van der Waals surface area contributed by atoms with E-state index in [1.165, 1.54) is 19.1 Å². The summed E-state index contributed by atoms with van der Waals surface area (Å²) in [7, 11) is 0. The molecule has 0 spiro atoms. The summed E-state index contributed by atoms with van der Waals surface area (Å²) < 4.78 is 10.5. The van der Waals surface area contributed by atoms with Gasteiger partial charge in [0.25, 0.3) is 5.91 Å². The zero-order valence-electron chi connectivity index (χ0n) is 14.9. The number of carboxylic acids is 1. The molecule has 9 nitrogen and oxygen atoms in total. The van der Waals surface area contributed by atoms with E-state index in [0.29, 0.717) is 11.3 Å². The van der Waals surface area contributed by atoms with Crippen molar-refractivity contribution in [3.05, 3.63) is 40.2 Å². The first-order valence-electron chi connectivity index (χ1n) is 8.22. The largest absolute Gasteiger partial charge is 0.484 e. The number of aliphatic carboxylic acids is 1. The summed E-state index contributed by atoms with van der Waals surface area (Å²) >= 11 is 0. The number of carbonyl (C=O) groups is 3. The van der Waals surface area contributed by atoms with Gasteiger partial charge in [0.1, 0.15) is 17.4 Å². The van der Waals surface area contributed by atoms with E-state index in [0.717, 1.165) is 10.9 Å². The van der Waals surface area contributed by atoms with Crippen LogP contribution in [0.2, 0.25) is 0 Å². The third kappa shape index (κ3) is 5.84. The van der Waals surface area contributed by atoms with Crippen LogP contribution in [0.5, 0.6) is 5.75 Å². The first-order valence-corrected chi connectivity index (χ1v) is 8.22. The zero-order valence-corrected chi connectivity index (χ0v) is 14.9. The third-order valence-corrected chi connectivity index (χ3v) is 3.70. The Morgan fingerprint density at radius 1 is 1.26 bits per heavy atom. The fourth-order valence-corrected chi connectivity index (χ4v) is 2.34. The molecule has 144 valence electrons. The van der Waals surface area contributed by atoms with Crippen LogP contribution in [0.15, 0.2) is 33.5 Å². The first kappa shape index (κ1) is 20.0. The summed E-state index contributed by atoms with van der Waals surface area (Å²) in [4.78, 5) is 45.5. The van der Waals surface area contributed by atoms with Gasteiger partial charge in [-0.1, -0.05) is 0 Å². The average Bonchev–Trinajstić information content (AvgIpc) is 2.59. The van der Waals surface area contributed by atoms with E-state index < -0.39 is 29.5 Å². The number of ether oxygens (including phenoxy) is 1. The Hall–Kier alpha value is -3.36. The molecule has 0 fully saturated rings. The molecule has 1 aromatic carbocycles. The van der Waals surface area contributed by atoms with Crippen molar-refractivity contribution in [2.75, 3.05) is 13.2 Å². The van der Waals surface area contributed by atoms with E-state index in [4.69, 9.17) is 14.3 Å². The number of benzene rings is 1. The van der Waals surface area contributed by atoms with Gasteiger partial charge in [-0.05, 0) is 31.5 Å². The number of hydrogen-bond donors (Lipinski definition) is 3. The summed E-state index contributed by atoms with van der Waals surface area (Å²) in [6.07, 6.45) is -0.201. The predicted molar refractivity (Wildman–Crippen MR) is 95.6 cm³/mol. The van der Waals surface area contributed by atoms with Gasteiger partial charge in [-0.3, -0.25) is 14.4 Å². The van der Waals surface area contributed by atoms with Crippen molar-refractivity contribution in [3.8, 4) is 5.75 Å². The summed E-state index contributed by atoms with van der Waals surface area (Å²) in [5.74, 6) is -1.71. The molecule has 0 bridgehead atoms. The number of hydrogen-bond acceptors (Lipinski definition) is 6. The lowest BCUT2D eigenvalue weighted by Crippen LogP contribution is -2.46. The molecule has 0 radical (unpaired) electrons. The van der Waals surface area contributed by atoms with Gasteiger partial charge in [0.15, 0.2) is 6.61 Å². The highest BCUT2D eigenvalue weighted by Crippen LogP contribution is 2.22. The van der Waals surface area contributed by atoms with Gasteiger partial charge in [0.05, 0.1) is 6.42 Å². The summed E-state index contributed by atoms with van der Waals surface area (Å²) in [5.41, 5.74) is 0.648.